The Morgan fingerprint density at radius 2 is 1.75 bits per heavy atom. The minimum atomic E-state index is -4.76. The van der Waals surface area contributed by atoms with Crippen LogP contribution in [0.1, 0.15) is 36.5 Å². The van der Waals surface area contributed by atoms with E-state index in [1.54, 1.807) is 4.90 Å². The summed E-state index contributed by atoms with van der Waals surface area (Å²) >= 11 is 4.87. The molecule has 0 aliphatic heterocycles. The number of hydrogen-bond donors (Lipinski definition) is 2. The van der Waals surface area contributed by atoms with Crippen LogP contribution in [0, 0.1) is 12.3 Å². The second-order valence-electron chi connectivity index (χ2n) is 9.28. The number of aromatic nitrogens is 3. The van der Waals surface area contributed by atoms with Crippen LogP contribution in [-0.2, 0) is 11.3 Å². The maximum Gasteiger partial charge on any atom is 0.573 e. The van der Waals surface area contributed by atoms with Crippen molar-refractivity contribution in [2.24, 2.45) is 5.73 Å². The number of nitrogens with one attached hydrogen (secondary N) is 1. The third-order valence-corrected chi connectivity index (χ3v) is 6.00. The standard InChI is InChI=1S/C28H27F3N6O2S/c1-17(2)23-13-4-18(3)14-24(23)36(26(32)38-27(33)40)15-19-5-7-20(8-6-19)25-34-16-37(35-25)21-9-11-22(12-10-21)39-28(29,30)31/h4-14,16-17,32H,15H2,1-3H3,(H2,33,40). The van der Waals surface area contributed by atoms with E-state index in [1.807, 2.05) is 49.4 Å². The summed E-state index contributed by atoms with van der Waals surface area (Å²) in [5, 5.41) is 12.7. The second-order valence-corrected chi connectivity index (χ2v) is 9.68. The molecule has 0 saturated carbocycles. The lowest BCUT2D eigenvalue weighted by molar-refractivity contribution is -0.274. The Morgan fingerprint density at radius 3 is 2.35 bits per heavy atom. The largest absolute Gasteiger partial charge is 0.573 e. The van der Waals surface area contributed by atoms with Crippen molar-refractivity contribution in [3.8, 4) is 22.8 Å². The van der Waals surface area contributed by atoms with E-state index in [4.69, 9.17) is 28.1 Å². The van der Waals surface area contributed by atoms with Gasteiger partial charge in [0.25, 0.3) is 11.2 Å². The lowest BCUT2D eigenvalue weighted by atomic mass is 9.98. The van der Waals surface area contributed by atoms with E-state index in [9.17, 15) is 13.2 Å². The van der Waals surface area contributed by atoms with Crippen LogP contribution in [0.4, 0.5) is 18.9 Å². The van der Waals surface area contributed by atoms with Gasteiger partial charge in [-0.25, -0.2) is 9.67 Å². The number of benzene rings is 3. The molecular weight excluding hydrogens is 541 g/mol. The quantitative estimate of drug-likeness (QED) is 0.150. The first-order valence-electron chi connectivity index (χ1n) is 12.2. The molecule has 208 valence electrons. The summed E-state index contributed by atoms with van der Waals surface area (Å²) < 4.78 is 47.9. The normalized spacial score (nSPS) is 11.4. The summed E-state index contributed by atoms with van der Waals surface area (Å²) in [6.07, 6.45) is -3.28. The van der Waals surface area contributed by atoms with Crippen LogP contribution in [0.5, 0.6) is 5.75 Å². The minimum Gasteiger partial charge on any atom is -0.406 e. The fourth-order valence-electron chi connectivity index (χ4n) is 4.05. The lowest BCUT2D eigenvalue weighted by Crippen LogP contribution is -2.35. The first-order valence-corrected chi connectivity index (χ1v) is 12.6. The molecule has 8 nitrogen and oxygen atoms in total. The van der Waals surface area contributed by atoms with Crippen molar-refractivity contribution in [3.63, 3.8) is 0 Å². The zero-order valence-electron chi connectivity index (χ0n) is 21.9. The molecule has 0 radical (unpaired) electrons. The summed E-state index contributed by atoms with van der Waals surface area (Å²) in [5.74, 6) is 0.316. The first kappa shape index (κ1) is 28.6. The summed E-state index contributed by atoms with van der Waals surface area (Å²) in [7, 11) is 0. The average molecular weight is 569 g/mol. The van der Waals surface area contributed by atoms with Gasteiger partial charge in [-0.15, -0.1) is 18.3 Å². The second kappa shape index (κ2) is 11.7. The van der Waals surface area contributed by atoms with E-state index >= 15 is 0 Å². The van der Waals surface area contributed by atoms with Crippen LogP contribution in [0.3, 0.4) is 0 Å². The molecule has 3 aromatic carbocycles. The van der Waals surface area contributed by atoms with Gasteiger partial charge in [-0.05, 0) is 72.1 Å². The van der Waals surface area contributed by atoms with E-state index in [0.717, 1.165) is 27.9 Å². The predicted molar refractivity (Wildman–Crippen MR) is 151 cm³/mol. The predicted octanol–water partition coefficient (Wildman–Crippen LogP) is 6.47. The SMILES string of the molecule is Cc1ccc(C(C)C)c(N(Cc2ccc(-c3ncn(-c4ccc(OC(F)(F)F)cc4)n3)cc2)C(=N)OC(N)=S)c1. The fourth-order valence-corrected chi connectivity index (χ4v) is 4.13. The average Bonchev–Trinajstić information content (AvgIpc) is 3.37. The smallest absolute Gasteiger partial charge is 0.406 e. The highest BCUT2D eigenvalue weighted by molar-refractivity contribution is 7.80. The minimum absolute atomic E-state index is 0.184. The number of ether oxygens (including phenoxy) is 2. The molecule has 4 aromatic rings. The highest BCUT2D eigenvalue weighted by atomic mass is 32.1. The number of amidine groups is 1. The monoisotopic (exact) mass is 568 g/mol. The van der Waals surface area contributed by atoms with Gasteiger partial charge < -0.3 is 15.2 Å². The van der Waals surface area contributed by atoms with Gasteiger partial charge in [-0.1, -0.05) is 50.2 Å². The summed E-state index contributed by atoms with van der Waals surface area (Å²) in [4.78, 5) is 6.05. The van der Waals surface area contributed by atoms with E-state index in [1.165, 1.54) is 35.3 Å². The van der Waals surface area contributed by atoms with Gasteiger partial charge in [0, 0.05) is 11.3 Å². The van der Waals surface area contributed by atoms with Gasteiger partial charge in [0.1, 0.15) is 12.1 Å². The van der Waals surface area contributed by atoms with Crippen molar-refractivity contribution in [1.29, 1.82) is 5.41 Å². The van der Waals surface area contributed by atoms with E-state index in [2.05, 4.69) is 28.7 Å². The van der Waals surface area contributed by atoms with Crippen LogP contribution >= 0.6 is 12.2 Å². The van der Waals surface area contributed by atoms with Gasteiger partial charge in [-0.2, -0.15) is 0 Å². The fraction of sp³-hybridized carbons (Fsp3) is 0.214. The van der Waals surface area contributed by atoms with Crippen molar-refractivity contribution in [3.05, 3.63) is 89.7 Å². The van der Waals surface area contributed by atoms with Crippen LogP contribution in [-0.4, -0.2) is 32.3 Å². The number of aryl methyl sites for hydroxylation is 1. The number of nitrogens with two attached hydrogens (primary N) is 1. The number of rotatable bonds is 7. The van der Waals surface area contributed by atoms with Gasteiger partial charge >= 0.3 is 6.36 Å². The van der Waals surface area contributed by atoms with Crippen molar-refractivity contribution in [2.45, 2.75) is 39.6 Å². The Bertz CT molecular complexity index is 1500. The number of anilines is 1. The molecule has 12 heteroatoms. The summed E-state index contributed by atoms with van der Waals surface area (Å²) in [5.41, 5.74) is 10.6. The van der Waals surface area contributed by atoms with E-state index in [0.29, 0.717) is 18.1 Å². The van der Waals surface area contributed by atoms with Crippen molar-refractivity contribution in [2.75, 3.05) is 4.90 Å². The first-order chi connectivity index (χ1) is 18.9. The number of nitrogens with zero attached hydrogens (tertiary/aromatic N) is 4. The third kappa shape index (κ3) is 7.14. The maximum absolute atomic E-state index is 12.4. The Kier molecular flexibility index (Phi) is 8.38. The molecule has 1 heterocycles. The molecule has 0 bridgehead atoms. The molecule has 0 atom stereocenters. The molecule has 0 unspecified atom stereocenters. The van der Waals surface area contributed by atoms with Crippen LogP contribution in [0.25, 0.3) is 17.1 Å². The summed E-state index contributed by atoms with van der Waals surface area (Å²) in [6, 6.07) is 18.7. The van der Waals surface area contributed by atoms with Crippen molar-refractivity contribution < 1.29 is 22.6 Å². The van der Waals surface area contributed by atoms with Crippen molar-refractivity contribution >= 4 is 29.1 Å². The molecule has 0 spiro atoms. The third-order valence-electron chi connectivity index (χ3n) is 5.92. The Balaban J connectivity index is 1.55. The Labute approximate surface area is 234 Å². The maximum atomic E-state index is 12.4. The lowest BCUT2D eigenvalue weighted by Gasteiger charge is -2.28. The molecule has 40 heavy (non-hydrogen) atoms. The van der Waals surface area contributed by atoms with Crippen LogP contribution < -0.4 is 15.4 Å². The van der Waals surface area contributed by atoms with Crippen LogP contribution in [0.2, 0.25) is 0 Å². The van der Waals surface area contributed by atoms with Crippen LogP contribution in [0.15, 0.2) is 73.1 Å². The van der Waals surface area contributed by atoms with Gasteiger partial charge in [0.2, 0.25) is 0 Å². The van der Waals surface area contributed by atoms with E-state index in [-0.39, 0.29) is 22.9 Å². The van der Waals surface area contributed by atoms with E-state index < -0.39 is 6.36 Å². The molecule has 0 amide bonds. The Morgan fingerprint density at radius 1 is 1.07 bits per heavy atom. The summed E-state index contributed by atoms with van der Waals surface area (Å²) in [6.45, 7) is 6.46. The number of thiocarbonyl (C=S) groups is 1. The topological polar surface area (TPSA) is 102 Å². The zero-order valence-corrected chi connectivity index (χ0v) is 22.8. The highest BCUT2D eigenvalue weighted by Crippen LogP contribution is 2.31. The molecule has 0 fully saturated rings. The molecule has 3 N–H and O–H groups in total. The molecule has 4 rings (SSSR count). The molecule has 0 aliphatic rings. The molecular formula is C28H27F3N6O2S. The molecule has 0 saturated heterocycles. The van der Waals surface area contributed by atoms with Crippen molar-refractivity contribution in [1.82, 2.24) is 14.8 Å². The highest BCUT2D eigenvalue weighted by Gasteiger charge is 2.31. The Hall–Kier alpha value is -4.45. The van der Waals surface area contributed by atoms with Gasteiger partial charge in [-0.3, -0.25) is 10.3 Å². The number of halogens is 3. The number of hydrogen-bond acceptors (Lipinski definition) is 6. The van der Waals surface area contributed by atoms with Gasteiger partial charge in [0.05, 0.1) is 12.2 Å². The molecule has 0 aliphatic carbocycles. The molecule has 1 aromatic heterocycles. The van der Waals surface area contributed by atoms with Gasteiger partial charge in [0.15, 0.2) is 5.82 Å². The number of alkyl halides is 3. The zero-order chi connectivity index (χ0) is 29.0.